The average Bonchev–Trinajstić information content (AvgIpc) is 2.94. The molecule has 3 aromatic rings. The van der Waals surface area contributed by atoms with E-state index in [-0.39, 0.29) is 11.2 Å². The number of rotatable bonds is 2. The fourth-order valence-corrected chi connectivity index (χ4v) is 2.44. The third-order valence-electron chi connectivity index (χ3n) is 3.74. The first-order valence-corrected chi connectivity index (χ1v) is 6.66. The number of benzene rings is 1. The van der Waals surface area contributed by atoms with Crippen LogP contribution in [0.25, 0.3) is 22.3 Å². The van der Waals surface area contributed by atoms with Gasteiger partial charge in [-0.25, -0.2) is 0 Å². The molecule has 0 saturated carbocycles. The molecule has 6 nitrogen and oxygen atoms in total. The molecule has 0 amide bonds. The largest absolute Gasteiger partial charge is 0.506 e. The van der Waals surface area contributed by atoms with E-state index in [1.165, 1.54) is 6.20 Å². The zero-order valence-corrected chi connectivity index (χ0v) is 11.4. The molecule has 3 heterocycles. The summed E-state index contributed by atoms with van der Waals surface area (Å²) < 4.78 is 10.6. The third kappa shape index (κ3) is 1.87. The molecule has 4 rings (SSSR count). The number of nitrogens with zero attached hydrogens (tertiary/aromatic N) is 3. The van der Waals surface area contributed by atoms with E-state index < -0.39 is 0 Å². The second-order valence-corrected chi connectivity index (χ2v) is 5.54. The molecule has 1 aromatic carbocycles. The monoisotopic (exact) mass is 283 g/mol. The second kappa shape index (κ2) is 4.26. The summed E-state index contributed by atoms with van der Waals surface area (Å²) in [6.07, 6.45) is 1.42. The number of ether oxygens (including phenoxy) is 1. The van der Waals surface area contributed by atoms with E-state index in [2.05, 4.69) is 15.1 Å². The minimum absolute atomic E-state index is 0.109. The summed E-state index contributed by atoms with van der Waals surface area (Å²) in [5.41, 5.74) is 1.36. The number of aromatic hydroxyl groups is 1. The van der Waals surface area contributed by atoms with Crippen LogP contribution in [0.2, 0.25) is 0 Å². The normalized spacial score (nSPS) is 16.8. The predicted molar refractivity (Wildman–Crippen MR) is 74.9 cm³/mol. The van der Waals surface area contributed by atoms with Gasteiger partial charge in [-0.2, -0.15) is 4.98 Å². The molecular weight excluding hydrogens is 270 g/mol. The van der Waals surface area contributed by atoms with Crippen molar-refractivity contribution in [3.63, 3.8) is 0 Å². The van der Waals surface area contributed by atoms with Gasteiger partial charge in [0.2, 0.25) is 11.7 Å². The van der Waals surface area contributed by atoms with Crippen molar-refractivity contribution < 1.29 is 14.4 Å². The van der Waals surface area contributed by atoms with Crippen LogP contribution in [-0.4, -0.2) is 33.4 Å². The molecule has 0 spiro atoms. The van der Waals surface area contributed by atoms with Crippen LogP contribution in [0.1, 0.15) is 12.8 Å². The lowest BCUT2D eigenvalue weighted by molar-refractivity contribution is -0.0644. The van der Waals surface area contributed by atoms with Gasteiger partial charge in [0.1, 0.15) is 5.75 Å². The topological polar surface area (TPSA) is 81.3 Å². The van der Waals surface area contributed by atoms with Gasteiger partial charge in [-0.15, -0.1) is 0 Å². The van der Waals surface area contributed by atoms with Crippen LogP contribution in [-0.2, 0) is 10.2 Å². The molecule has 106 valence electrons. The standard InChI is InChI=1S/C15H13N3O3/c1-15(7-20-8-15)14-17-13(18-21-14)10-3-2-4-12-11(10)5-9(19)6-16-12/h2-6,19H,7-8H2,1H3. The molecule has 1 N–H and O–H groups in total. The highest BCUT2D eigenvalue weighted by Gasteiger charge is 2.41. The van der Waals surface area contributed by atoms with E-state index in [0.717, 1.165) is 16.5 Å². The fraction of sp³-hybridized carbons (Fsp3) is 0.267. The molecule has 6 heteroatoms. The van der Waals surface area contributed by atoms with Crippen LogP contribution in [0.15, 0.2) is 35.0 Å². The number of aromatic nitrogens is 3. The van der Waals surface area contributed by atoms with Crippen LogP contribution in [0.3, 0.4) is 0 Å². The molecular formula is C15H13N3O3. The quantitative estimate of drug-likeness (QED) is 0.777. The summed E-state index contributed by atoms with van der Waals surface area (Å²) in [6.45, 7) is 3.21. The summed E-state index contributed by atoms with van der Waals surface area (Å²) >= 11 is 0. The van der Waals surface area contributed by atoms with Gasteiger partial charge in [0.15, 0.2) is 0 Å². The van der Waals surface area contributed by atoms with Crippen molar-refractivity contribution in [2.75, 3.05) is 13.2 Å². The Hall–Kier alpha value is -2.47. The van der Waals surface area contributed by atoms with Crippen molar-refractivity contribution in [2.45, 2.75) is 12.3 Å². The summed E-state index contributed by atoms with van der Waals surface area (Å²) in [4.78, 5) is 8.68. The molecule has 1 fully saturated rings. The van der Waals surface area contributed by atoms with Gasteiger partial charge in [-0.1, -0.05) is 17.3 Å². The Kier molecular flexibility index (Phi) is 2.49. The lowest BCUT2D eigenvalue weighted by atomic mass is 9.89. The fourth-order valence-electron chi connectivity index (χ4n) is 2.44. The molecule has 1 saturated heterocycles. The SMILES string of the molecule is CC1(c2nc(-c3cccc4ncc(O)cc34)no2)COC1. The van der Waals surface area contributed by atoms with Crippen molar-refractivity contribution in [1.82, 2.24) is 15.1 Å². The van der Waals surface area contributed by atoms with Crippen LogP contribution in [0.5, 0.6) is 5.75 Å². The van der Waals surface area contributed by atoms with Gasteiger partial charge >= 0.3 is 0 Å². The predicted octanol–water partition coefficient (Wildman–Crippen LogP) is 2.28. The Bertz CT molecular complexity index is 824. The smallest absolute Gasteiger partial charge is 0.237 e. The highest BCUT2D eigenvalue weighted by atomic mass is 16.5. The summed E-state index contributed by atoms with van der Waals surface area (Å²) in [5.74, 6) is 1.18. The maximum atomic E-state index is 9.64. The van der Waals surface area contributed by atoms with Crippen LogP contribution in [0, 0.1) is 0 Å². The number of fused-ring (bicyclic) bond motifs is 1. The van der Waals surface area contributed by atoms with Crippen LogP contribution >= 0.6 is 0 Å². The Morgan fingerprint density at radius 3 is 2.90 bits per heavy atom. The molecule has 1 aliphatic rings. The van der Waals surface area contributed by atoms with Crippen molar-refractivity contribution in [1.29, 1.82) is 0 Å². The summed E-state index contributed by atoms with van der Waals surface area (Å²) in [5, 5.41) is 14.5. The molecule has 0 atom stereocenters. The number of pyridine rings is 1. The van der Waals surface area contributed by atoms with Gasteiger partial charge in [0, 0.05) is 10.9 Å². The van der Waals surface area contributed by atoms with Crippen molar-refractivity contribution >= 4 is 10.9 Å². The van der Waals surface area contributed by atoms with Gasteiger partial charge in [0.05, 0.1) is 30.3 Å². The highest BCUT2D eigenvalue weighted by molar-refractivity contribution is 5.93. The summed E-state index contributed by atoms with van der Waals surface area (Å²) in [6, 6.07) is 7.30. The zero-order valence-electron chi connectivity index (χ0n) is 11.4. The van der Waals surface area contributed by atoms with Crippen LogP contribution < -0.4 is 0 Å². The van der Waals surface area contributed by atoms with Gasteiger partial charge < -0.3 is 14.4 Å². The van der Waals surface area contributed by atoms with Gasteiger partial charge in [0.25, 0.3) is 0 Å². The first kappa shape index (κ1) is 12.3. The molecule has 0 radical (unpaired) electrons. The maximum Gasteiger partial charge on any atom is 0.237 e. The van der Waals surface area contributed by atoms with Gasteiger partial charge in [-0.05, 0) is 19.1 Å². The first-order chi connectivity index (χ1) is 10.2. The van der Waals surface area contributed by atoms with E-state index in [9.17, 15) is 5.11 Å². The highest BCUT2D eigenvalue weighted by Crippen LogP contribution is 2.33. The number of hydrogen-bond acceptors (Lipinski definition) is 6. The molecule has 0 bridgehead atoms. The van der Waals surface area contributed by atoms with Crippen LogP contribution in [0.4, 0.5) is 0 Å². The molecule has 1 aliphatic heterocycles. The molecule has 0 unspecified atom stereocenters. The van der Waals surface area contributed by atoms with Crippen molar-refractivity contribution in [3.8, 4) is 17.1 Å². The molecule has 2 aromatic heterocycles. The lowest BCUT2D eigenvalue weighted by Crippen LogP contribution is -2.44. The summed E-state index contributed by atoms with van der Waals surface area (Å²) in [7, 11) is 0. The van der Waals surface area contributed by atoms with E-state index in [0.29, 0.717) is 24.9 Å². The zero-order chi connectivity index (χ0) is 14.4. The lowest BCUT2D eigenvalue weighted by Gasteiger charge is -2.33. The van der Waals surface area contributed by atoms with E-state index in [4.69, 9.17) is 9.26 Å². The Morgan fingerprint density at radius 2 is 2.14 bits per heavy atom. The average molecular weight is 283 g/mol. The third-order valence-corrected chi connectivity index (χ3v) is 3.74. The number of hydrogen-bond donors (Lipinski definition) is 1. The second-order valence-electron chi connectivity index (χ2n) is 5.54. The van der Waals surface area contributed by atoms with Gasteiger partial charge in [-0.3, -0.25) is 4.98 Å². The Labute approximate surface area is 120 Å². The minimum Gasteiger partial charge on any atom is -0.506 e. The van der Waals surface area contributed by atoms with Crippen molar-refractivity contribution in [3.05, 3.63) is 36.4 Å². The van der Waals surface area contributed by atoms with E-state index >= 15 is 0 Å². The minimum atomic E-state index is -0.198. The molecule has 0 aliphatic carbocycles. The van der Waals surface area contributed by atoms with E-state index in [1.807, 2.05) is 25.1 Å². The molecule has 21 heavy (non-hydrogen) atoms. The van der Waals surface area contributed by atoms with Crippen molar-refractivity contribution in [2.24, 2.45) is 0 Å². The first-order valence-electron chi connectivity index (χ1n) is 6.66. The maximum absolute atomic E-state index is 9.64. The Morgan fingerprint density at radius 1 is 1.29 bits per heavy atom. The van der Waals surface area contributed by atoms with E-state index in [1.54, 1.807) is 6.07 Å². The Balaban J connectivity index is 1.85.